The smallest absolute Gasteiger partial charge is 0.140 e. The van der Waals surface area contributed by atoms with Crippen molar-refractivity contribution < 1.29 is 5.11 Å². The molecule has 0 radical (unpaired) electrons. The number of rotatable bonds is 2. The molecule has 0 bridgehead atoms. The van der Waals surface area contributed by atoms with Crippen LogP contribution in [-0.2, 0) is 0 Å². The Balaban J connectivity index is 1.77. The van der Waals surface area contributed by atoms with Crippen LogP contribution in [0.1, 0.15) is 31.7 Å². The Labute approximate surface area is 129 Å². The number of nitrogens with zero attached hydrogens (tertiary/aromatic N) is 3. The first kappa shape index (κ1) is 13.5. The molecule has 2 heterocycles. The number of imidazole rings is 1. The maximum Gasteiger partial charge on any atom is 0.140 e. The average Bonchev–Trinajstić information content (AvgIpc) is 3.04. The van der Waals surface area contributed by atoms with Crippen LogP contribution in [0.3, 0.4) is 0 Å². The highest BCUT2D eigenvalue weighted by Gasteiger charge is 2.26. The van der Waals surface area contributed by atoms with Crippen molar-refractivity contribution in [3.05, 3.63) is 48.9 Å². The summed E-state index contributed by atoms with van der Waals surface area (Å²) < 4.78 is 2.14. The minimum absolute atomic E-state index is 0.135. The van der Waals surface area contributed by atoms with Crippen molar-refractivity contribution in [2.75, 3.05) is 0 Å². The molecule has 112 valence electrons. The molecular formula is C18H19N3O. The van der Waals surface area contributed by atoms with Gasteiger partial charge in [-0.1, -0.05) is 18.9 Å². The van der Waals surface area contributed by atoms with Crippen LogP contribution in [0.5, 0.6) is 0 Å². The Morgan fingerprint density at radius 2 is 1.95 bits per heavy atom. The van der Waals surface area contributed by atoms with Crippen LogP contribution in [0.2, 0.25) is 0 Å². The Bertz CT molecular complexity index is 796. The number of aliphatic hydroxyl groups is 1. The van der Waals surface area contributed by atoms with E-state index >= 15 is 0 Å². The molecule has 1 saturated carbocycles. The number of pyridine rings is 1. The molecular weight excluding hydrogens is 274 g/mol. The van der Waals surface area contributed by atoms with Crippen LogP contribution in [0.4, 0.5) is 0 Å². The zero-order chi connectivity index (χ0) is 14.9. The lowest BCUT2D eigenvalue weighted by Gasteiger charge is -2.29. The third-order valence-corrected chi connectivity index (χ3v) is 4.58. The van der Waals surface area contributed by atoms with Crippen molar-refractivity contribution in [3.8, 4) is 11.4 Å². The average molecular weight is 293 g/mol. The molecule has 2 aromatic heterocycles. The van der Waals surface area contributed by atoms with Crippen LogP contribution in [0.15, 0.2) is 48.9 Å². The van der Waals surface area contributed by atoms with E-state index in [1.54, 1.807) is 6.20 Å². The van der Waals surface area contributed by atoms with E-state index < -0.39 is 0 Å². The van der Waals surface area contributed by atoms with E-state index in [9.17, 15) is 5.11 Å². The number of fused-ring (bicyclic) bond motifs is 1. The maximum absolute atomic E-state index is 10.3. The van der Waals surface area contributed by atoms with E-state index in [1.165, 1.54) is 6.42 Å². The second-order valence-electron chi connectivity index (χ2n) is 5.99. The van der Waals surface area contributed by atoms with Crippen LogP contribution in [0, 0.1) is 0 Å². The summed E-state index contributed by atoms with van der Waals surface area (Å²) in [7, 11) is 0. The lowest BCUT2D eigenvalue weighted by atomic mass is 9.92. The van der Waals surface area contributed by atoms with Gasteiger partial charge in [-0.3, -0.25) is 4.98 Å². The van der Waals surface area contributed by atoms with E-state index in [4.69, 9.17) is 0 Å². The molecule has 1 aromatic carbocycles. The molecule has 0 unspecified atom stereocenters. The van der Waals surface area contributed by atoms with Gasteiger partial charge in [0, 0.05) is 29.5 Å². The minimum Gasteiger partial charge on any atom is -0.391 e. The third-order valence-electron chi connectivity index (χ3n) is 4.58. The molecule has 4 nitrogen and oxygen atoms in total. The molecule has 2 atom stereocenters. The van der Waals surface area contributed by atoms with Gasteiger partial charge in [0.05, 0.1) is 17.7 Å². The summed E-state index contributed by atoms with van der Waals surface area (Å²) in [6.07, 6.45) is 9.52. The summed E-state index contributed by atoms with van der Waals surface area (Å²) >= 11 is 0. The lowest BCUT2D eigenvalue weighted by molar-refractivity contribution is 0.0762. The van der Waals surface area contributed by atoms with Gasteiger partial charge in [-0.25, -0.2) is 4.98 Å². The first-order valence-corrected chi connectivity index (χ1v) is 7.89. The molecule has 0 spiro atoms. The Hall–Kier alpha value is -2.20. The first-order valence-electron chi connectivity index (χ1n) is 7.89. The van der Waals surface area contributed by atoms with Crippen molar-refractivity contribution in [1.29, 1.82) is 0 Å². The zero-order valence-corrected chi connectivity index (χ0v) is 12.4. The third kappa shape index (κ3) is 2.29. The SMILES string of the molecule is O[C@H]1CCCC[C@@H]1n1ccnc1-c1ccc2ncccc2c1. The Kier molecular flexibility index (Phi) is 3.39. The minimum atomic E-state index is -0.274. The summed E-state index contributed by atoms with van der Waals surface area (Å²) in [5.41, 5.74) is 2.06. The highest BCUT2D eigenvalue weighted by Crippen LogP contribution is 2.32. The monoisotopic (exact) mass is 293 g/mol. The van der Waals surface area contributed by atoms with Gasteiger partial charge < -0.3 is 9.67 Å². The zero-order valence-electron chi connectivity index (χ0n) is 12.4. The van der Waals surface area contributed by atoms with Crippen LogP contribution >= 0.6 is 0 Å². The number of benzene rings is 1. The fraction of sp³-hybridized carbons (Fsp3) is 0.333. The molecule has 4 heteroatoms. The van der Waals surface area contributed by atoms with Gasteiger partial charge in [0.2, 0.25) is 0 Å². The molecule has 1 fully saturated rings. The highest BCUT2D eigenvalue weighted by molar-refractivity contribution is 5.83. The molecule has 3 aromatic rings. The van der Waals surface area contributed by atoms with E-state index in [0.717, 1.165) is 41.6 Å². The van der Waals surface area contributed by atoms with Crippen molar-refractivity contribution in [2.45, 2.75) is 37.8 Å². The van der Waals surface area contributed by atoms with Crippen LogP contribution in [-0.4, -0.2) is 25.7 Å². The summed E-state index contributed by atoms with van der Waals surface area (Å²) in [4.78, 5) is 8.90. The van der Waals surface area contributed by atoms with E-state index in [2.05, 4.69) is 32.7 Å². The number of aliphatic hydroxyl groups excluding tert-OH is 1. The Morgan fingerprint density at radius 1 is 1.05 bits per heavy atom. The number of hydrogen-bond donors (Lipinski definition) is 1. The van der Waals surface area contributed by atoms with Gasteiger partial charge in [0.15, 0.2) is 0 Å². The van der Waals surface area contributed by atoms with Gasteiger partial charge in [0.1, 0.15) is 5.82 Å². The van der Waals surface area contributed by atoms with Gasteiger partial charge in [-0.2, -0.15) is 0 Å². The number of hydrogen-bond acceptors (Lipinski definition) is 3. The summed E-state index contributed by atoms with van der Waals surface area (Å²) in [6, 6.07) is 10.4. The predicted octanol–water partition coefficient (Wildman–Crippen LogP) is 3.57. The van der Waals surface area contributed by atoms with Gasteiger partial charge in [-0.15, -0.1) is 0 Å². The largest absolute Gasteiger partial charge is 0.391 e. The fourth-order valence-corrected chi connectivity index (χ4v) is 3.44. The predicted molar refractivity (Wildman–Crippen MR) is 86.5 cm³/mol. The molecule has 1 N–H and O–H groups in total. The quantitative estimate of drug-likeness (QED) is 0.785. The lowest BCUT2D eigenvalue weighted by Crippen LogP contribution is -2.27. The molecule has 0 amide bonds. The van der Waals surface area contributed by atoms with Crippen molar-refractivity contribution in [2.24, 2.45) is 0 Å². The Morgan fingerprint density at radius 3 is 2.86 bits per heavy atom. The van der Waals surface area contributed by atoms with E-state index in [-0.39, 0.29) is 12.1 Å². The normalized spacial score (nSPS) is 22.0. The second-order valence-corrected chi connectivity index (χ2v) is 5.99. The molecule has 22 heavy (non-hydrogen) atoms. The van der Waals surface area contributed by atoms with Crippen molar-refractivity contribution in [1.82, 2.24) is 14.5 Å². The van der Waals surface area contributed by atoms with Gasteiger partial charge in [0.25, 0.3) is 0 Å². The maximum atomic E-state index is 10.3. The summed E-state index contributed by atoms with van der Waals surface area (Å²) in [5.74, 6) is 0.928. The molecule has 4 rings (SSSR count). The van der Waals surface area contributed by atoms with Crippen LogP contribution < -0.4 is 0 Å². The molecule has 0 aliphatic heterocycles. The molecule has 0 saturated heterocycles. The fourth-order valence-electron chi connectivity index (χ4n) is 3.44. The molecule has 1 aliphatic rings. The standard InChI is InChI=1S/C18H19N3O/c22-17-6-2-1-5-16(17)21-11-10-20-18(21)14-7-8-15-13(12-14)4-3-9-19-15/h3-4,7-12,16-17,22H,1-2,5-6H2/t16-,17-/m0/s1. The number of aromatic nitrogens is 3. The summed E-state index contributed by atoms with van der Waals surface area (Å²) in [6.45, 7) is 0. The van der Waals surface area contributed by atoms with Gasteiger partial charge in [-0.05, 0) is 37.1 Å². The second kappa shape index (κ2) is 5.54. The topological polar surface area (TPSA) is 50.9 Å². The molecule has 1 aliphatic carbocycles. The summed E-state index contributed by atoms with van der Waals surface area (Å²) in [5, 5.41) is 11.4. The first-order chi connectivity index (χ1) is 10.8. The van der Waals surface area contributed by atoms with Crippen molar-refractivity contribution in [3.63, 3.8) is 0 Å². The highest BCUT2D eigenvalue weighted by atomic mass is 16.3. The van der Waals surface area contributed by atoms with Crippen LogP contribution in [0.25, 0.3) is 22.3 Å². The van der Waals surface area contributed by atoms with Crippen molar-refractivity contribution >= 4 is 10.9 Å². The van der Waals surface area contributed by atoms with E-state index in [1.807, 2.05) is 24.5 Å². The van der Waals surface area contributed by atoms with Gasteiger partial charge >= 0.3 is 0 Å². The van der Waals surface area contributed by atoms with E-state index in [0.29, 0.717) is 0 Å².